The number of nitriles is 1. The first kappa shape index (κ1) is 40.5. The van der Waals surface area contributed by atoms with E-state index in [2.05, 4.69) is 42.5 Å². The summed E-state index contributed by atoms with van der Waals surface area (Å²) in [6.45, 7) is 8.02. The van der Waals surface area contributed by atoms with E-state index in [-0.39, 0.29) is 22.5 Å². The van der Waals surface area contributed by atoms with Crippen LogP contribution in [0, 0.1) is 39.0 Å². The standard InChI is InChI=1S/C55H37F6N3/c1-31-20-32(2)23-37(22-31)35-16-18-42-40-10-5-7-14-47(40)63(49(42)26-35)51-28-39(53-45(54(56,57)58)12-9-13-46(53)55(59,60)61)29-52(44(51)30-62)64-48-15-8-6-11-41(48)43-19-17-36(27-50(43)64)38-24-33(3)21-34(4)25-38/h5-29H,1-4H3. The van der Waals surface area contributed by atoms with E-state index in [0.717, 1.165) is 72.1 Å². The van der Waals surface area contributed by atoms with Gasteiger partial charge in [0, 0.05) is 27.1 Å². The van der Waals surface area contributed by atoms with Crippen LogP contribution in [0.25, 0.3) is 88.4 Å². The molecule has 10 rings (SSSR count). The Morgan fingerprint density at radius 1 is 0.391 bits per heavy atom. The van der Waals surface area contributed by atoms with Crippen molar-refractivity contribution < 1.29 is 26.3 Å². The van der Waals surface area contributed by atoms with Crippen LogP contribution in [0.5, 0.6) is 0 Å². The van der Waals surface area contributed by atoms with Crippen LogP contribution in [-0.2, 0) is 12.4 Å². The van der Waals surface area contributed by atoms with E-state index in [4.69, 9.17) is 0 Å². The molecule has 0 saturated carbocycles. The topological polar surface area (TPSA) is 33.6 Å². The van der Waals surface area contributed by atoms with Crippen LogP contribution in [0.1, 0.15) is 38.9 Å². The van der Waals surface area contributed by atoms with Crippen molar-refractivity contribution in [2.45, 2.75) is 40.0 Å². The van der Waals surface area contributed by atoms with Gasteiger partial charge in [0.1, 0.15) is 11.6 Å². The molecule has 0 aliphatic rings. The van der Waals surface area contributed by atoms with Gasteiger partial charge in [-0.3, -0.25) is 0 Å². The Morgan fingerprint density at radius 3 is 1.17 bits per heavy atom. The van der Waals surface area contributed by atoms with Crippen LogP contribution >= 0.6 is 0 Å². The molecule has 0 unspecified atom stereocenters. The van der Waals surface area contributed by atoms with Crippen LogP contribution in [0.2, 0.25) is 0 Å². The second-order valence-corrected chi connectivity index (χ2v) is 16.6. The predicted molar refractivity (Wildman–Crippen MR) is 245 cm³/mol. The molecule has 0 spiro atoms. The van der Waals surface area contributed by atoms with Gasteiger partial charge in [-0.25, -0.2) is 0 Å². The number of para-hydroxylation sites is 2. The molecule has 9 heteroatoms. The number of hydrogen-bond donors (Lipinski definition) is 0. The van der Waals surface area contributed by atoms with Gasteiger partial charge in [0.2, 0.25) is 0 Å². The summed E-state index contributed by atoms with van der Waals surface area (Å²) in [5.41, 5.74) is 6.30. The fourth-order valence-corrected chi connectivity index (χ4v) is 9.66. The van der Waals surface area contributed by atoms with Crippen molar-refractivity contribution >= 4 is 43.6 Å². The summed E-state index contributed by atoms with van der Waals surface area (Å²) < 4.78 is 94.4. The molecule has 0 aliphatic heterocycles. The average Bonchev–Trinajstić information content (AvgIpc) is 3.76. The molecule has 0 radical (unpaired) electrons. The minimum Gasteiger partial charge on any atom is -0.308 e. The minimum absolute atomic E-state index is 0.0562. The van der Waals surface area contributed by atoms with E-state index in [1.807, 2.05) is 113 Å². The molecule has 0 fully saturated rings. The van der Waals surface area contributed by atoms with Gasteiger partial charge in [0.15, 0.2) is 0 Å². The van der Waals surface area contributed by atoms with Gasteiger partial charge in [-0.15, -0.1) is 0 Å². The van der Waals surface area contributed by atoms with Gasteiger partial charge in [-0.1, -0.05) is 125 Å². The molecular weight excluding hydrogens is 817 g/mol. The zero-order chi connectivity index (χ0) is 44.8. The fourth-order valence-electron chi connectivity index (χ4n) is 9.66. The highest BCUT2D eigenvalue weighted by molar-refractivity contribution is 6.12. The Morgan fingerprint density at radius 2 is 0.781 bits per heavy atom. The fraction of sp³-hybridized carbons (Fsp3) is 0.109. The normalized spacial score (nSPS) is 12.2. The summed E-state index contributed by atoms with van der Waals surface area (Å²) in [6.07, 6.45) is -10.3. The van der Waals surface area contributed by atoms with Gasteiger partial charge in [0.25, 0.3) is 0 Å². The minimum atomic E-state index is -5.16. The lowest BCUT2D eigenvalue weighted by molar-refractivity contribution is -0.142. The molecule has 0 amide bonds. The number of rotatable bonds is 5. The highest BCUT2D eigenvalue weighted by Crippen LogP contribution is 2.48. The van der Waals surface area contributed by atoms with Crippen molar-refractivity contribution in [3.05, 3.63) is 191 Å². The molecule has 0 atom stereocenters. The molecule has 0 saturated heterocycles. The Bertz CT molecular complexity index is 3330. The van der Waals surface area contributed by atoms with Crippen molar-refractivity contribution in [1.29, 1.82) is 5.26 Å². The third kappa shape index (κ3) is 6.69. The number of halogens is 6. The molecule has 2 heterocycles. The lowest BCUT2D eigenvalue weighted by Gasteiger charge is -2.22. The van der Waals surface area contributed by atoms with Crippen molar-refractivity contribution in [2.75, 3.05) is 0 Å². The number of aromatic nitrogens is 2. The first-order valence-electron chi connectivity index (χ1n) is 20.7. The number of fused-ring (bicyclic) bond motifs is 6. The lowest BCUT2D eigenvalue weighted by Crippen LogP contribution is -2.15. The maximum absolute atomic E-state index is 15.1. The van der Waals surface area contributed by atoms with Crippen LogP contribution in [0.4, 0.5) is 26.3 Å². The largest absolute Gasteiger partial charge is 0.417 e. The molecule has 2 aromatic heterocycles. The monoisotopic (exact) mass is 853 g/mol. The molecule has 0 aliphatic carbocycles. The molecular formula is C55H37F6N3. The lowest BCUT2D eigenvalue weighted by atomic mass is 9.91. The predicted octanol–water partition coefficient (Wildman–Crippen LogP) is 16.0. The molecule has 314 valence electrons. The van der Waals surface area contributed by atoms with Gasteiger partial charge >= 0.3 is 12.4 Å². The zero-order valence-electron chi connectivity index (χ0n) is 35.0. The maximum atomic E-state index is 15.1. The van der Waals surface area contributed by atoms with Crippen molar-refractivity contribution in [2.24, 2.45) is 0 Å². The number of benzene rings is 8. The highest BCUT2D eigenvalue weighted by Gasteiger charge is 2.41. The van der Waals surface area contributed by atoms with Crippen molar-refractivity contribution in [3.63, 3.8) is 0 Å². The number of aryl methyl sites for hydroxylation is 4. The molecule has 10 aromatic rings. The van der Waals surface area contributed by atoms with E-state index < -0.39 is 29.0 Å². The number of alkyl halides is 6. The van der Waals surface area contributed by atoms with Gasteiger partial charge in [-0.05, 0) is 104 Å². The van der Waals surface area contributed by atoms with E-state index in [1.54, 1.807) is 9.13 Å². The number of nitrogens with zero attached hydrogens (tertiary/aromatic N) is 3. The zero-order valence-corrected chi connectivity index (χ0v) is 35.0. The summed E-state index contributed by atoms with van der Waals surface area (Å²) in [6, 6.07) is 46.3. The van der Waals surface area contributed by atoms with E-state index in [0.29, 0.717) is 34.2 Å². The molecule has 64 heavy (non-hydrogen) atoms. The number of hydrogen-bond acceptors (Lipinski definition) is 1. The van der Waals surface area contributed by atoms with Crippen LogP contribution in [-0.4, -0.2) is 9.13 Å². The third-order valence-electron chi connectivity index (χ3n) is 12.1. The second kappa shape index (κ2) is 14.8. The van der Waals surface area contributed by atoms with Crippen LogP contribution < -0.4 is 0 Å². The summed E-state index contributed by atoms with van der Waals surface area (Å²) in [7, 11) is 0. The SMILES string of the molecule is Cc1cc(C)cc(-c2ccc3c4ccccc4n(-c4cc(-c5c(C(F)(F)F)cccc5C(F)(F)F)cc(-n5c6ccccc6c6ccc(-c7cc(C)cc(C)c7)cc65)c4C#N)c3c2)c1. The Kier molecular flexibility index (Phi) is 9.35. The molecule has 8 aromatic carbocycles. The highest BCUT2D eigenvalue weighted by atomic mass is 19.4. The van der Waals surface area contributed by atoms with E-state index >= 15 is 26.3 Å². The smallest absolute Gasteiger partial charge is 0.308 e. The second-order valence-electron chi connectivity index (χ2n) is 16.6. The summed E-state index contributed by atoms with van der Waals surface area (Å²) in [5, 5.41) is 14.6. The Balaban J connectivity index is 1.39. The van der Waals surface area contributed by atoms with Crippen LogP contribution in [0.15, 0.2) is 152 Å². The van der Waals surface area contributed by atoms with E-state index in [1.165, 1.54) is 12.1 Å². The molecule has 3 nitrogen and oxygen atoms in total. The molecule has 0 N–H and O–H groups in total. The summed E-state index contributed by atoms with van der Waals surface area (Å²) in [4.78, 5) is 0. The van der Waals surface area contributed by atoms with Crippen LogP contribution in [0.3, 0.4) is 0 Å². The summed E-state index contributed by atoms with van der Waals surface area (Å²) >= 11 is 0. The van der Waals surface area contributed by atoms with E-state index in [9.17, 15) is 5.26 Å². The van der Waals surface area contributed by atoms with Crippen molar-refractivity contribution in [1.82, 2.24) is 9.13 Å². The Labute approximate surface area is 364 Å². The molecule has 0 bridgehead atoms. The maximum Gasteiger partial charge on any atom is 0.417 e. The van der Waals surface area contributed by atoms with Crippen molar-refractivity contribution in [3.8, 4) is 50.8 Å². The first-order valence-corrected chi connectivity index (χ1v) is 20.7. The quantitative estimate of drug-likeness (QED) is 0.159. The first-order chi connectivity index (χ1) is 30.6. The third-order valence-corrected chi connectivity index (χ3v) is 12.1. The average molecular weight is 854 g/mol. The van der Waals surface area contributed by atoms with Gasteiger partial charge in [-0.2, -0.15) is 31.6 Å². The Hall–Kier alpha value is -7.57. The summed E-state index contributed by atoms with van der Waals surface area (Å²) in [5.74, 6) is 0. The van der Waals surface area contributed by atoms with Gasteiger partial charge in [0.05, 0.1) is 44.6 Å². The van der Waals surface area contributed by atoms with Gasteiger partial charge < -0.3 is 9.13 Å².